The van der Waals surface area contributed by atoms with E-state index in [1.807, 2.05) is 0 Å². The molecule has 0 spiro atoms. The van der Waals surface area contributed by atoms with Crippen LogP contribution in [0.1, 0.15) is 32.6 Å². The lowest BCUT2D eigenvalue weighted by Gasteiger charge is -2.39. The van der Waals surface area contributed by atoms with Gasteiger partial charge in [-0.2, -0.15) is 0 Å². The molecule has 1 fully saturated rings. The lowest BCUT2D eigenvalue weighted by atomic mass is 9.90. The molecule has 0 unspecified atom stereocenters. The fraction of sp³-hybridized carbons (Fsp3) is 0.800. The van der Waals surface area contributed by atoms with Crippen molar-refractivity contribution < 1.29 is 0 Å². The van der Waals surface area contributed by atoms with Gasteiger partial charge in [-0.05, 0) is 26.2 Å². The van der Waals surface area contributed by atoms with E-state index >= 15 is 0 Å². The molecule has 0 aromatic rings. The lowest BCUT2D eigenvalue weighted by molar-refractivity contribution is 0.137. The van der Waals surface area contributed by atoms with Gasteiger partial charge in [0.15, 0.2) is 0 Å². The average molecular weight is 230 g/mol. The molecule has 0 atom stereocenters. The fourth-order valence-electron chi connectivity index (χ4n) is 1.90. The standard InChI is InChI=1S/C10H16BrN/c1-8-5-6-12(7-10(8)11)9-3-2-4-9/h9H,2-7H2,1H3. The van der Waals surface area contributed by atoms with Gasteiger partial charge in [0.2, 0.25) is 0 Å². The van der Waals surface area contributed by atoms with E-state index in [1.54, 1.807) is 5.57 Å². The summed E-state index contributed by atoms with van der Waals surface area (Å²) in [5, 5.41) is 0. The minimum absolute atomic E-state index is 0.908. The third kappa shape index (κ3) is 1.60. The van der Waals surface area contributed by atoms with Crippen LogP contribution < -0.4 is 0 Å². The van der Waals surface area contributed by atoms with Crippen molar-refractivity contribution in [1.82, 2.24) is 4.90 Å². The van der Waals surface area contributed by atoms with E-state index in [0.717, 1.165) is 12.6 Å². The monoisotopic (exact) mass is 229 g/mol. The van der Waals surface area contributed by atoms with Gasteiger partial charge in [0.1, 0.15) is 0 Å². The first-order valence-electron chi connectivity index (χ1n) is 4.85. The van der Waals surface area contributed by atoms with Crippen molar-refractivity contribution in [3.63, 3.8) is 0 Å². The molecule has 1 nitrogen and oxygen atoms in total. The highest BCUT2D eigenvalue weighted by atomic mass is 79.9. The Balaban J connectivity index is 1.95. The molecule has 0 amide bonds. The Bertz CT molecular complexity index is 206. The maximum absolute atomic E-state index is 3.65. The van der Waals surface area contributed by atoms with Crippen LogP contribution in [0.2, 0.25) is 0 Å². The Labute approximate surface area is 82.9 Å². The smallest absolute Gasteiger partial charge is 0.0302 e. The minimum atomic E-state index is 0.908. The molecule has 2 aliphatic rings. The molecule has 0 N–H and O–H groups in total. The molecular formula is C10H16BrN. The second kappa shape index (κ2) is 3.51. The summed E-state index contributed by atoms with van der Waals surface area (Å²) in [5.41, 5.74) is 1.55. The van der Waals surface area contributed by atoms with E-state index < -0.39 is 0 Å². The Kier molecular flexibility index (Phi) is 2.56. The highest BCUT2D eigenvalue weighted by molar-refractivity contribution is 9.11. The summed E-state index contributed by atoms with van der Waals surface area (Å²) in [7, 11) is 0. The van der Waals surface area contributed by atoms with Crippen molar-refractivity contribution >= 4 is 15.9 Å². The zero-order valence-electron chi connectivity index (χ0n) is 7.65. The van der Waals surface area contributed by atoms with Gasteiger partial charge in [0.05, 0.1) is 0 Å². The van der Waals surface area contributed by atoms with Crippen molar-refractivity contribution in [3.05, 3.63) is 10.1 Å². The van der Waals surface area contributed by atoms with Gasteiger partial charge < -0.3 is 0 Å². The van der Waals surface area contributed by atoms with Crippen molar-refractivity contribution in [1.29, 1.82) is 0 Å². The Morgan fingerprint density at radius 2 is 2.17 bits per heavy atom. The quantitative estimate of drug-likeness (QED) is 0.669. The molecule has 1 saturated carbocycles. The third-order valence-corrected chi connectivity index (χ3v) is 4.10. The predicted molar refractivity (Wildman–Crippen MR) is 55.5 cm³/mol. The van der Waals surface area contributed by atoms with Crippen LogP contribution in [-0.2, 0) is 0 Å². The summed E-state index contributed by atoms with van der Waals surface area (Å²) in [6.07, 6.45) is 5.57. The zero-order valence-corrected chi connectivity index (χ0v) is 9.23. The number of halogens is 1. The van der Waals surface area contributed by atoms with Gasteiger partial charge >= 0.3 is 0 Å². The molecule has 0 aromatic carbocycles. The van der Waals surface area contributed by atoms with E-state index in [2.05, 4.69) is 27.8 Å². The maximum atomic E-state index is 3.65. The van der Waals surface area contributed by atoms with Crippen LogP contribution in [0, 0.1) is 0 Å². The van der Waals surface area contributed by atoms with Crippen LogP contribution in [0.4, 0.5) is 0 Å². The van der Waals surface area contributed by atoms with Gasteiger partial charge in [-0.25, -0.2) is 0 Å². The fourth-order valence-corrected chi connectivity index (χ4v) is 2.42. The Morgan fingerprint density at radius 3 is 2.67 bits per heavy atom. The van der Waals surface area contributed by atoms with Crippen LogP contribution in [0.3, 0.4) is 0 Å². The molecule has 0 saturated heterocycles. The predicted octanol–water partition coefficient (Wildman–Crippen LogP) is 2.91. The molecular weight excluding hydrogens is 214 g/mol. The normalized spacial score (nSPS) is 27.5. The van der Waals surface area contributed by atoms with Crippen molar-refractivity contribution in [2.24, 2.45) is 0 Å². The largest absolute Gasteiger partial charge is 0.295 e. The molecule has 1 aliphatic carbocycles. The van der Waals surface area contributed by atoms with Crippen LogP contribution in [0.15, 0.2) is 10.1 Å². The second-order valence-corrected chi connectivity index (χ2v) is 4.95. The average Bonchev–Trinajstić information content (AvgIpc) is 1.93. The number of hydrogen-bond donors (Lipinski definition) is 0. The molecule has 0 radical (unpaired) electrons. The number of rotatable bonds is 1. The van der Waals surface area contributed by atoms with Crippen LogP contribution in [-0.4, -0.2) is 24.0 Å². The number of nitrogens with zero attached hydrogens (tertiary/aromatic N) is 1. The summed E-state index contributed by atoms with van der Waals surface area (Å²) < 4.78 is 1.43. The van der Waals surface area contributed by atoms with Crippen molar-refractivity contribution in [2.45, 2.75) is 38.6 Å². The van der Waals surface area contributed by atoms with Crippen molar-refractivity contribution in [2.75, 3.05) is 13.1 Å². The van der Waals surface area contributed by atoms with Crippen LogP contribution >= 0.6 is 15.9 Å². The summed E-state index contributed by atoms with van der Waals surface area (Å²) >= 11 is 3.65. The molecule has 2 rings (SSSR count). The molecule has 1 aliphatic heterocycles. The zero-order chi connectivity index (χ0) is 8.55. The first-order chi connectivity index (χ1) is 5.77. The third-order valence-electron chi connectivity index (χ3n) is 3.17. The van der Waals surface area contributed by atoms with Gasteiger partial charge in [-0.3, -0.25) is 4.90 Å². The lowest BCUT2D eigenvalue weighted by Crippen LogP contribution is -2.43. The van der Waals surface area contributed by atoms with Crippen LogP contribution in [0.25, 0.3) is 0 Å². The first kappa shape index (κ1) is 8.76. The van der Waals surface area contributed by atoms with Gasteiger partial charge in [-0.1, -0.05) is 27.9 Å². The molecule has 0 aromatic heterocycles. The molecule has 2 heteroatoms. The topological polar surface area (TPSA) is 3.24 Å². The SMILES string of the molecule is CC1=C(Br)CN(C2CCC2)CC1. The Morgan fingerprint density at radius 1 is 1.42 bits per heavy atom. The molecule has 68 valence electrons. The minimum Gasteiger partial charge on any atom is -0.295 e. The summed E-state index contributed by atoms with van der Waals surface area (Å²) in [6, 6.07) is 0.908. The van der Waals surface area contributed by atoms with Gasteiger partial charge in [0, 0.05) is 23.6 Å². The van der Waals surface area contributed by atoms with Crippen molar-refractivity contribution in [3.8, 4) is 0 Å². The van der Waals surface area contributed by atoms with Gasteiger partial charge in [0.25, 0.3) is 0 Å². The summed E-state index contributed by atoms with van der Waals surface area (Å²) in [4.78, 5) is 2.63. The highest BCUT2D eigenvalue weighted by Crippen LogP contribution is 2.30. The van der Waals surface area contributed by atoms with E-state index in [4.69, 9.17) is 0 Å². The molecule has 1 heterocycles. The first-order valence-corrected chi connectivity index (χ1v) is 5.65. The van der Waals surface area contributed by atoms with E-state index in [9.17, 15) is 0 Å². The highest BCUT2D eigenvalue weighted by Gasteiger charge is 2.27. The van der Waals surface area contributed by atoms with Crippen LogP contribution in [0.5, 0.6) is 0 Å². The summed E-state index contributed by atoms with van der Waals surface area (Å²) in [6.45, 7) is 4.68. The maximum Gasteiger partial charge on any atom is 0.0302 e. The summed E-state index contributed by atoms with van der Waals surface area (Å²) in [5.74, 6) is 0. The second-order valence-electron chi connectivity index (χ2n) is 3.99. The Hall–Kier alpha value is 0.180. The van der Waals surface area contributed by atoms with E-state index in [0.29, 0.717) is 0 Å². The molecule has 0 bridgehead atoms. The van der Waals surface area contributed by atoms with E-state index in [-0.39, 0.29) is 0 Å². The van der Waals surface area contributed by atoms with E-state index in [1.165, 1.54) is 36.7 Å². The number of hydrogen-bond acceptors (Lipinski definition) is 1. The van der Waals surface area contributed by atoms with Gasteiger partial charge in [-0.15, -0.1) is 0 Å². The molecule has 12 heavy (non-hydrogen) atoms.